The standard InChI is InChI=1S/C26H30O6/c1-6-31-14-15-32-26-20(22-16-18(27-2)10-12-24(22)29-4)8-7-9-21(26)23-17-19(28-3)11-13-25(23)30-5/h7-13,16-17H,6,14-15H2,1-5H3. The molecule has 0 atom stereocenters. The van der Waals surface area contributed by atoms with Crippen molar-refractivity contribution in [3.05, 3.63) is 54.6 Å². The number of benzene rings is 3. The molecule has 0 spiro atoms. The van der Waals surface area contributed by atoms with Gasteiger partial charge in [-0.1, -0.05) is 18.2 Å². The molecular weight excluding hydrogens is 408 g/mol. The molecule has 0 aliphatic rings. The Labute approximate surface area is 189 Å². The summed E-state index contributed by atoms with van der Waals surface area (Å²) in [6.45, 7) is 3.47. The Morgan fingerprint density at radius 3 is 1.56 bits per heavy atom. The lowest BCUT2D eigenvalue weighted by Crippen LogP contribution is -2.08. The SMILES string of the molecule is CCOCCOc1c(-c2cc(OC)ccc2OC)cccc1-c1cc(OC)ccc1OC. The second-order valence-corrected chi connectivity index (χ2v) is 6.86. The van der Waals surface area contributed by atoms with Gasteiger partial charge in [-0.15, -0.1) is 0 Å². The van der Waals surface area contributed by atoms with Gasteiger partial charge in [0, 0.05) is 28.9 Å². The van der Waals surface area contributed by atoms with Crippen molar-refractivity contribution in [1.29, 1.82) is 0 Å². The van der Waals surface area contributed by atoms with Gasteiger partial charge < -0.3 is 28.4 Å². The first-order valence-corrected chi connectivity index (χ1v) is 10.4. The number of methoxy groups -OCH3 is 4. The predicted octanol–water partition coefficient (Wildman–Crippen LogP) is 5.47. The van der Waals surface area contributed by atoms with E-state index in [1.807, 2.05) is 61.5 Å². The van der Waals surface area contributed by atoms with Crippen LogP contribution < -0.4 is 23.7 Å². The van der Waals surface area contributed by atoms with E-state index in [4.69, 9.17) is 28.4 Å². The van der Waals surface area contributed by atoms with E-state index in [9.17, 15) is 0 Å². The Morgan fingerprint density at radius 1 is 0.594 bits per heavy atom. The fourth-order valence-corrected chi connectivity index (χ4v) is 3.51. The summed E-state index contributed by atoms with van der Waals surface area (Å²) in [6, 6.07) is 17.4. The number of ether oxygens (including phenoxy) is 6. The van der Waals surface area contributed by atoms with E-state index in [0.29, 0.717) is 25.6 Å². The average molecular weight is 439 g/mol. The van der Waals surface area contributed by atoms with Crippen LogP contribution in [0.4, 0.5) is 0 Å². The van der Waals surface area contributed by atoms with E-state index < -0.39 is 0 Å². The highest BCUT2D eigenvalue weighted by Crippen LogP contribution is 2.46. The van der Waals surface area contributed by atoms with Crippen molar-refractivity contribution < 1.29 is 28.4 Å². The normalized spacial score (nSPS) is 10.5. The van der Waals surface area contributed by atoms with Crippen LogP contribution in [0.25, 0.3) is 22.3 Å². The van der Waals surface area contributed by atoms with Gasteiger partial charge in [0.05, 0.1) is 35.0 Å². The minimum Gasteiger partial charge on any atom is -0.497 e. The van der Waals surface area contributed by atoms with E-state index in [0.717, 1.165) is 45.3 Å². The third-order valence-electron chi connectivity index (χ3n) is 5.09. The number of hydrogen-bond acceptors (Lipinski definition) is 6. The van der Waals surface area contributed by atoms with Crippen LogP contribution in [-0.4, -0.2) is 48.3 Å². The third kappa shape index (κ3) is 5.08. The smallest absolute Gasteiger partial charge is 0.135 e. The molecule has 3 rings (SSSR count). The lowest BCUT2D eigenvalue weighted by Gasteiger charge is -2.20. The van der Waals surface area contributed by atoms with Crippen LogP contribution in [0.3, 0.4) is 0 Å². The highest BCUT2D eigenvalue weighted by Gasteiger charge is 2.20. The van der Waals surface area contributed by atoms with E-state index >= 15 is 0 Å². The van der Waals surface area contributed by atoms with Gasteiger partial charge in [-0.3, -0.25) is 0 Å². The minimum absolute atomic E-state index is 0.399. The van der Waals surface area contributed by atoms with Gasteiger partial charge in [-0.2, -0.15) is 0 Å². The van der Waals surface area contributed by atoms with Gasteiger partial charge >= 0.3 is 0 Å². The first-order chi connectivity index (χ1) is 15.7. The summed E-state index contributed by atoms with van der Waals surface area (Å²) in [7, 11) is 6.58. The van der Waals surface area contributed by atoms with Crippen LogP contribution in [0, 0.1) is 0 Å². The summed E-state index contributed by atoms with van der Waals surface area (Å²) in [5.41, 5.74) is 3.48. The monoisotopic (exact) mass is 438 g/mol. The van der Waals surface area contributed by atoms with Gasteiger partial charge in [-0.05, 0) is 43.3 Å². The topological polar surface area (TPSA) is 55.4 Å². The molecule has 6 nitrogen and oxygen atoms in total. The second kappa shape index (κ2) is 11.3. The van der Waals surface area contributed by atoms with Crippen molar-refractivity contribution in [3.8, 4) is 51.0 Å². The molecule has 0 radical (unpaired) electrons. The van der Waals surface area contributed by atoms with Crippen molar-refractivity contribution in [1.82, 2.24) is 0 Å². The highest BCUT2D eigenvalue weighted by atomic mass is 16.5. The van der Waals surface area contributed by atoms with Gasteiger partial charge in [0.1, 0.15) is 35.4 Å². The molecule has 0 N–H and O–H groups in total. The quantitative estimate of drug-likeness (QED) is 0.370. The maximum Gasteiger partial charge on any atom is 0.135 e. The zero-order valence-corrected chi connectivity index (χ0v) is 19.3. The van der Waals surface area contributed by atoms with Crippen LogP contribution >= 0.6 is 0 Å². The largest absolute Gasteiger partial charge is 0.497 e. The predicted molar refractivity (Wildman–Crippen MR) is 126 cm³/mol. The fourth-order valence-electron chi connectivity index (χ4n) is 3.51. The summed E-state index contributed by atoms with van der Waals surface area (Å²) in [5, 5.41) is 0. The van der Waals surface area contributed by atoms with Crippen molar-refractivity contribution in [3.63, 3.8) is 0 Å². The van der Waals surface area contributed by atoms with Crippen LogP contribution in [-0.2, 0) is 4.74 Å². The van der Waals surface area contributed by atoms with Crippen molar-refractivity contribution >= 4 is 0 Å². The first-order valence-electron chi connectivity index (χ1n) is 10.4. The molecular formula is C26H30O6. The molecule has 0 aliphatic carbocycles. The Hall–Kier alpha value is -3.38. The average Bonchev–Trinajstić information content (AvgIpc) is 2.85. The maximum absolute atomic E-state index is 6.31. The summed E-state index contributed by atoms with van der Waals surface area (Å²) < 4.78 is 34.0. The Bertz CT molecular complexity index is 957. The lowest BCUT2D eigenvalue weighted by molar-refractivity contribution is 0.110. The van der Waals surface area contributed by atoms with Crippen LogP contribution in [0.2, 0.25) is 0 Å². The molecule has 0 unspecified atom stereocenters. The molecule has 0 fully saturated rings. The zero-order chi connectivity index (χ0) is 22.9. The minimum atomic E-state index is 0.399. The van der Waals surface area contributed by atoms with E-state index in [2.05, 4.69) is 0 Å². The van der Waals surface area contributed by atoms with Crippen LogP contribution in [0.1, 0.15) is 6.92 Å². The fraction of sp³-hybridized carbons (Fsp3) is 0.308. The lowest BCUT2D eigenvalue weighted by atomic mass is 9.95. The summed E-state index contributed by atoms with van der Waals surface area (Å²) >= 11 is 0. The highest BCUT2D eigenvalue weighted by molar-refractivity contribution is 5.87. The van der Waals surface area contributed by atoms with Gasteiger partial charge in [0.2, 0.25) is 0 Å². The number of para-hydroxylation sites is 1. The van der Waals surface area contributed by atoms with Gasteiger partial charge in [-0.25, -0.2) is 0 Å². The summed E-state index contributed by atoms with van der Waals surface area (Å²) in [6.07, 6.45) is 0. The Balaban J connectivity index is 2.22. The molecule has 0 aromatic heterocycles. The summed E-state index contributed by atoms with van der Waals surface area (Å²) in [4.78, 5) is 0. The molecule has 0 aliphatic heterocycles. The molecule has 32 heavy (non-hydrogen) atoms. The van der Waals surface area contributed by atoms with Gasteiger partial charge in [0.15, 0.2) is 0 Å². The molecule has 3 aromatic rings. The molecule has 6 heteroatoms. The molecule has 0 bridgehead atoms. The van der Waals surface area contributed by atoms with Crippen molar-refractivity contribution in [2.24, 2.45) is 0 Å². The van der Waals surface area contributed by atoms with E-state index in [-0.39, 0.29) is 0 Å². The van der Waals surface area contributed by atoms with Crippen molar-refractivity contribution in [2.45, 2.75) is 6.92 Å². The van der Waals surface area contributed by atoms with Crippen LogP contribution in [0.15, 0.2) is 54.6 Å². The maximum atomic E-state index is 6.31. The van der Waals surface area contributed by atoms with Gasteiger partial charge in [0.25, 0.3) is 0 Å². The second-order valence-electron chi connectivity index (χ2n) is 6.86. The molecule has 0 saturated heterocycles. The Kier molecular flexibility index (Phi) is 8.22. The Morgan fingerprint density at radius 2 is 1.12 bits per heavy atom. The molecule has 0 amide bonds. The first kappa shape index (κ1) is 23.3. The molecule has 0 heterocycles. The van der Waals surface area contributed by atoms with Crippen LogP contribution in [0.5, 0.6) is 28.7 Å². The number of rotatable bonds is 11. The molecule has 3 aromatic carbocycles. The van der Waals surface area contributed by atoms with E-state index in [1.165, 1.54) is 0 Å². The summed E-state index contributed by atoms with van der Waals surface area (Å²) in [5.74, 6) is 3.59. The van der Waals surface area contributed by atoms with E-state index in [1.54, 1.807) is 28.4 Å². The zero-order valence-electron chi connectivity index (χ0n) is 19.3. The third-order valence-corrected chi connectivity index (χ3v) is 5.09. The number of hydrogen-bond donors (Lipinski definition) is 0. The molecule has 0 saturated carbocycles. The van der Waals surface area contributed by atoms with Crippen molar-refractivity contribution in [2.75, 3.05) is 48.3 Å². The molecule has 170 valence electrons.